The molecule has 22 heavy (non-hydrogen) atoms. The average Bonchev–Trinajstić information content (AvgIpc) is 2.45. The van der Waals surface area contributed by atoms with Crippen LogP contribution in [0.4, 0.5) is 0 Å². The van der Waals surface area contributed by atoms with Crippen LogP contribution < -0.4 is 22.1 Å². The Morgan fingerprint density at radius 1 is 1.23 bits per heavy atom. The summed E-state index contributed by atoms with van der Waals surface area (Å²) in [5.74, 6) is -2.38. The number of aliphatic carboxylic acids is 1. The molecule has 0 saturated heterocycles. The largest absolute Gasteiger partial charge is 0.480 e. The number of rotatable bonds is 11. The van der Waals surface area contributed by atoms with E-state index in [1.165, 1.54) is 0 Å². The maximum Gasteiger partial charge on any atom is 0.326 e. The SMILES string of the molecule is CSCCC(N)C(=O)NCC(=O)NC(CCC(N)=O)C(=O)O. The van der Waals surface area contributed by atoms with Crippen LogP contribution in [0, 0.1) is 0 Å². The summed E-state index contributed by atoms with van der Waals surface area (Å²) >= 11 is 1.55. The highest BCUT2D eigenvalue weighted by Crippen LogP contribution is 1.99. The van der Waals surface area contributed by atoms with Crippen molar-refractivity contribution in [2.45, 2.75) is 31.3 Å². The third kappa shape index (κ3) is 9.19. The van der Waals surface area contributed by atoms with E-state index < -0.39 is 35.8 Å². The third-order valence-corrected chi connectivity index (χ3v) is 3.35. The minimum Gasteiger partial charge on any atom is -0.480 e. The molecular weight excluding hydrogens is 312 g/mol. The highest BCUT2D eigenvalue weighted by atomic mass is 32.2. The maximum atomic E-state index is 11.6. The van der Waals surface area contributed by atoms with Gasteiger partial charge in [-0.2, -0.15) is 11.8 Å². The van der Waals surface area contributed by atoms with Crippen LogP contribution in [0.25, 0.3) is 0 Å². The van der Waals surface area contributed by atoms with Crippen molar-refractivity contribution in [2.24, 2.45) is 11.5 Å². The minimum atomic E-state index is -1.28. The van der Waals surface area contributed by atoms with Gasteiger partial charge in [0.2, 0.25) is 17.7 Å². The molecule has 126 valence electrons. The quantitative estimate of drug-likeness (QED) is 0.292. The molecule has 0 aliphatic rings. The topological polar surface area (TPSA) is 165 Å². The fourth-order valence-corrected chi connectivity index (χ4v) is 1.95. The Bertz CT molecular complexity index is 418. The number of amides is 3. The van der Waals surface area contributed by atoms with Crippen LogP contribution in [0.15, 0.2) is 0 Å². The van der Waals surface area contributed by atoms with Crippen molar-refractivity contribution in [2.75, 3.05) is 18.6 Å². The van der Waals surface area contributed by atoms with E-state index in [-0.39, 0.29) is 19.4 Å². The highest BCUT2D eigenvalue weighted by molar-refractivity contribution is 7.98. The molecule has 3 amide bonds. The fourth-order valence-electron chi connectivity index (χ4n) is 1.46. The third-order valence-electron chi connectivity index (χ3n) is 2.71. The summed E-state index contributed by atoms with van der Waals surface area (Å²) in [5.41, 5.74) is 10.5. The van der Waals surface area contributed by atoms with Gasteiger partial charge in [-0.1, -0.05) is 0 Å². The number of thioether (sulfide) groups is 1. The van der Waals surface area contributed by atoms with Gasteiger partial charge in [0.1, 0.15) is 6.04 Å². The molecule has 0 fully saturated rings. The second kappa shape index (κ2) is 10.9. The number of carboxylic acid groups (broad SMARTS) is 1. The molecule has 9 nitrogen and oxygen atoms in total. The molecule has 0 aromatic heterocycles. The lowest BCUT2D eigenvalue weighted by atomic mass is 10.1. The zero-order valence-corrected chi connectivity index (χ0v) is 13.1. The second-order valence-electron chi connectivity index (χ2n) is 4.57. The number of carbonyl (C=O) groups is 4. The van der Waals surface area contributed by atoms with Crippen LogP contribution in [0.5, 0.6) is 0 Å². The van der Waals surface area contributed by atoms with E-state index in [0.717, 1.165) is 5.75 Å². The Hall–Kier alpha value is -1.81. The molecule has 0 aromatic carbocycles. The van der Waals surface area contributed by atoms with E-state index in [9.17, 15) is 19.2 Å². The molecule has 10 heteroatoms. The average molecular weight is 334 g/mol. The first-order chi connectivity index (χ1) is 10.3. The number of hydrogen-bond donors (Lipinski definition) is 5. The number of primary amides is 1. The van der Waals surface area contributed by atoms with Crippen LogP contribution in [0.1, 0.15) is 19.3 Å². The van der Waals surface area contributed by atoms with Crippen LogP contribution in [-0.4, -0.2) is 59.4 Å². The molecule has 0 radical (unpaired) electrons. The summed E-state index contributed by atoms with van der Waals surface area (Å²) < 4.78 is 0. The van der Waals surface area contributed by atoms with Crippen LogP contribution in [0.3, 0.4) is 0 Å². The summed E-state index contributed by atoms with van der Waals surface area (Å²) in [6, 6.07) is -1.95. The molecule has 2 unspecified atom stereocenters. The van der Waals surface area contributed by atoms with Gasteiger partial charge in [-0.25, -0.2) is 4.79 Å². The zero-order chi connectivity index (χ0) is 17.1. The van der Waals surface area contributed by atoms with Crippen molar-refractivity contribution in [1.82, 2.24) is 10.6 Å². The number of hydrogen-bond acceptors (Lipinski definition) is 6. The Labute approximate surface area is 132 Å². The number of nitrogens with one attached hydrogen (secondary N) is 2. The maximum absolute atomic E-state index is 11.6. The first-order valence-corrected chi connectivity index (χ1v) is 8.00. The molecule has 7 N–H and O–H groups in total. The molecule has 0 heterocycles. The van der Waals surface area contributed by atoms with Gasteiger partial charge in [-0.05, 0) is 24.9 Å². The normalized spacial score (nSPS) is 13.0. The molecule has 0 bridgehead atoms. The first-order valence-electron chi connectivity index (χ1n) is 6.60. The lowest BCUT2D eigenvalue weighted by Gasteiger charge is -2.15. The van der Waals surface area contributed by atoms with Gasteiger partial charge in [0.25, 0.3) is 0 Å². The van der Waals surface area contributed by atoms with Gasteiger partial charge in [0.15, 0.2) is 0 Å². The van der Waals surface area contributed by atoms with Crippen molar-refractivity contribution in [3.63, 3.8) is 0 Å². The number of nitrogens with two attached hydrogens (primary N) is 2. The molecule has 0 spiro atoms. The Morgan fingerprint density at radius 3 is 2.36 bits per heavy atom. The Morgan fingerprint density at radius 2 is 1.86 bits per heavy atom. The fraction of sp³-hybridized carbons (Fsp3) is 0.667. The second-order valence-corrected chi connectivity index (χ2v) is 5.55. The van der Waals surface area contributed by atoms with Crippen molar-refractivity contribution < 1.29 is 24.3 Å². The summed E-state index contributed by atoms with van der Waals surface area (Å²) in [6.07, 6.45) is 2.09. The van der Waals surface area contributed by atoms with Crippen LogP contribution in [0.2, 0.25) is 0 Å². The van der Waals surface area contributed by atoms with Crippen molar-refractivity contribution in [3.8, 4) is 0 Å². The predicted molar refractivity (Wildman–Crippen MR) is 82.0 cm³/mol. The molecule has 2 atom stereocenters. The monoisotopic (exact) mass is 334 g/mol. The highest BCUT2D eigenvalue weighted by Gasteiger charge is 2.21. The van der Waals surface area contributed by atoms with Gasteiger partial charge in [0, 0.05) is 6.42 Å². The van der Waals surface area contributed by atoms with E-state index in [2.05, 4.69) is 10.6 Å². The summed E-state index contributed by atoms with van der Waals surface area (Å²) in [4.78, 5) is 44.7. The summed E-state index contributed by atoms with van der Waals surface area (Å²) in [7, 11) is 0. The summed E-state index contributed by atoms with van der Waals surface area (Å²) in [5, 5.41) is 13.5. The molecule has 0 rings (SSSR count). The molecule has 0 aliphatic heterocycles. The minimum absolute atomic E-state index is 0.114. The van der Waals surface area contributed by atoms with E-state index in [1.807, 2.05) is 6.26 Å². The molecule has 0 aromatic rings. The van der Waals surface area contributed by atoms with E-state index in [4.69, 9.17) is 16.6 Å². The summed E-state index contributed by atoms with van der Waals surface area (Å²) in [6.45, 7) is -0.383. The van der Waals surface area contributed by atoms with Gasteiger partial charge in [-0.15, -0.1) is 0 Å². The van der Waals surface area contributed by atoms with E-state index >= 15 is 0 Å². The van der Waals surface area contributed by atoms with Crippen molar-refractivity contribution >= 4 is 35.5 Å². The van der Waals surface area contributed by atoms with Gasteiger partial charge < -0.3 is 27.2 Å². The zero-order valence-electron chi connectivity index (χ0n) is 12.3. The van der Waals surface area contributed by atoms with E-state index in [0.29, 0.717) is 6.42 Å². The molecular formula is C12H22N4O5S. The lowest BCUT2D eigenvalue weighted by molar-refractivity contribution is -0.142. The molecule has 0 aliphatic carbocycles. The van der Waals surface area contributed by atoms with Crippen LogP contribution >= 0.6 is 11.8 Å². The lowest BCUT2D eigenvalue weighted by Crippen LogP contribution is -2.48. The Balaban J connectivity index is 4.21. The molecule has 0 saturated carbocycles. The number of carbonyl (C=O) groups excluding carboxylic acids is 3. The van der Waals surface area contributed by atoms with Gasteiger partial charge in [-0.3, -0.25) is 14.4 Å². The Kier molecular flexibility index (Phi) is 9.96. The van der Waals surface area contributed by atoms with Gasteiger partial charge >= 0.3 is 5.97 Å². The predicted octanol–water partition coefficient (Wildman–Crippen LogP) is -1.98. The standard InChI is InChI=1S/C12H22N4O5S/c1-22-5-4-7(13)11(19)15-6-10(18)16-8(12(20)21)2-3-9(14)17/h7-8H,2-6,13H2,1H3,(H2,14,17)(H,15,19)(H,16,18)(H,20,21). The van der Waals surface area contributed by atoms with E-state index in [1.54, 1.807) is 11.8 Å². The van der Waals surface area contributed by atoms with Crippen LogP contribution in [-0.2, 0) is 19.2 Å². The van der Waals surface area contributed by atoms with Crippen molar-refractivity contribution in [1.29, 1.82) is 0 Å². The smallest absolute Gasteiger partial charge is 0.326 e. The van der Waals surface area contributed by atoms with Gasteiger partial charge in [0.05, 0.1) is 12.6 Å². The van der Waals surface area contributed by atoms with Crippen molar-refractivity contribution in [3.05, 3.63) is 0 Å². The first kappa shape index (κ1) is 20.2. The number of carboxylic acids is 1.